The molecule has 182 valence electrons. The average Bonchev–Trinajstić information content (AvgIpc) is 3.26. The first-order valence-corrected chi connectivity index (χ1v) is 9.99. The number of halogens is 4. The number of rotatable bonds is 8. The summed E-state index contributed by atoms with van der Waals surface area (Å²) in [4.78, 5) is 36.1. The molecule has 0 spiro atoms. The lowest BCUT2D eigenvalue weighted by molar-refractivity contribution is -0.139. The Morgan fingerprint density at radius 2 is 1.76 bits per heavy atom. The molecular formula is C22H22ClF3N4O4. The van der Waals surface area contributed by atoms with Crippen LogP contribution < -0.4 is 11.1 Å². The third kappa shape index (κ3) is 6.55. The van der Waals surface area contributed by atoms with Crippen LogP contribution in [0.2, 0.25) is 0 Å². The van der Waals surface area contributed by atoms with E-state index in [0.29, 0.717) is 17.7 Å². The number of hydrazone groups is 1. The number of carboxylic acids is 1. The number of benzene rings is 2. The predicted molar refractivity (Wildman–Crippen MR) is 119 cm³/mol. The van der Waals surface area contributed by atoms with Crippen molar-refractivity contribution < 1.29 is 32.7 Å². The van der Waals surface area contributed by atoms with Crippen LogP contribution in [0.3, 0.4) is 0 Å². The third-order valence-electron chi connectivity index (χ3n) is 5.06. The molecule has 0 saturated heterocycles. The highest BCUT2D eigenvalue weighted by molar-refractivity contribution is 5.92. The normalized spacial score (nSPS) is 15.5. The summed E-state index contributed by atoms with van der Waals surface area (Å²) in [7, 11) is 0. The van der Waals surface area contributed by atoms with E-state index in [4.69, 9.17) is 10.8 Å². The number of carbonyl (C=O) groups is 3. The zero-order valence-corrected chi connectivity index (χ0v) is 18.5. The lowest BCUT2D eigenvalue weighted by Crippen LogP contribution is -2.46. The summed E-state index contributed by atoms with van der Waals surface area (Å²) in [5, 5.41) is 16.5. The van der Waals surface area contributed by atoms with Crippen LogP contribution in [0.15, 0.2) is 41.5 Å². The number of hydrogen-bond donors (Lipinski definition) is 3. The standard InChI is InChI=1S/C22H21F3N4O4.ClH/c23-16-10-18(25)17(24)8-14(16)7-15(26)9-20(30)29-19(5-6-28-29)21(31)27-11-12-1-3-13(4-2-12)22(32)33;/h1-4,6,8,10,15,19H,5,7,9,11,26H2,(H,27,31)(H,32,33);1H/t15-,19?;/m1./s1. The molecule has 1 heterocycles. The molecule has 4 N–H and O–H groups in total. The lowest BCUT2D eigenvalue weighted by atomic mass is 10.0. The Morgan fingerprint density at radius 3 is 2.41 bits per heavy atom. The molecule has 0 saturated carbocycles. The van der Waals surface area contributed by atoms with E-state index in [9.17, 15) is 27.6 Å². The molecule has 34 heavy (non-hydrogen) atoms. The number of nitrogens with one attached hydrogen (secondary N) is 1. The minimum Gasteiger partial charge on any atom is -0.478 e. The van der Waals surface area contributed by atoms with Gasteiger partial charge in [-0.1, -0.05) is 12.1 Å². The van der Waals surface area contributed by atoms with E-state index in [1.807, 2.05) is 0 Å². The first-order valence-electron chi connectivity index (χ1n) is 9.99. The molecule has 0 aliphatic carbocycles. The number of nitrogens with zero attached hydrogens (tertiary/aromatic N) is 2. The number of aromatic carboxylic acids is 1. The Kier molecular flexibility index (Phi) is 9.16. The maximum absolute atomic E-state index is 13.8. The molecule has 0 radical (unpaired) electrons. The molecule has 2 amide bonds. The van der Waals surface area contributed by atoms with Crippen molar-refractivity contribution in [3.63, 3.8) is 0 Å². The molecule has 8 nitrogen and oxygen atoms in total. The van der Waals surface area contributed by atoms with Crippen LogP contribution in [0.1, 0.15) is 34.3 Å². The van der Waals surface area contributed by atoms with E-state index in [2.05, 4.69) is 10.4 Å². The van der Waals surface area contributed by atoms with Crippen molar-refractivity contribution in [1.82, 2.24) is 10.3 Å². The summed E-state index contributed by atoms with van der Waals surface area (Å²) in [5.74, 6) is -5.62. The SMILES string of the molecule is Cl.N[C@@H](CC(=O)N1N=CCC1C(=O)NCc1ccc(C(=O)O)cc1)Cc1cc(F)c(F)cc1F. The smallest absolute Gasteiger partial charge is 0.335 e. The molecular weight excluding hydrogens is 477 g/mol. The van der Waals surface area contributed by atoms with Crippen molar-refractivity contribution in [3.05, 3.63) is 70.5 Å². The van der Waals surface area contributed by atoms with Crippen molar-refractivity contribution in [2.75, 3.05) is 0 Å². The molecule has 12 heteroatoms. The highest BCUT2D eigenvalue weighted by Gasteiger charge is 2.33. The van der Waals surface area contributed by atoms with Gasteiger partial charge in [0.25, 0.3) is 0 Å². The van der Waals surface area contributed by atoms with Crippen LogP contribution in [-0.4, -0.2) is 46.2 Å². The molecule has 0 aromatic heterocycles. The second-order valence-corrected chi connectivity index (χ2v) is 7.53. The van der Waals surface area contributed by atoms with E-state index < -0.39 is 47.3 Å². The summed E-state index contributed by atoms with van der Waals surface area (Å²) in [6.45, 7) is 0.117. The third-order valence-corrected chi connectivity index (χ3v) is 5.06. The summed E-state index contributed by atoms with van der Waals surface area (Å²) in [6.07, 6.45) is 1.08. The predicted octanol–water partition coefficient (Wildman–Crippen LogP) is 2.39. The Labute approximate surface area is 199 Å². The lowest BCUT2D eigenvalue weighted by Gasteiger charge is -2.23. The zero-order chi connectivity index (χ0) is 24.1. The van der Waals surface area contributed by atoms with Crippen LogP contribution in [0.25, 0.3) is 0 Å². The fraction of sp³-hybridized carbons (Fsp3) is 0.273. The van der Waals surface area contributed by atoms with Gasteiger partial charge in [-0.2, -0.15) is 5.10 Å². The Hall–Kier alpha value is -3.44. The van der Waals surface area contributed by atoms with Gasteiger partial charge < -0.3 is 16.2 Å². The molecule has 3 rings (SSSR count). The van der Waals surface area contributed by atoms with E-state index in [1.165, 1.54) is 18.3 Å². The Bertz CT molecular complexity index is 1100. The molecule has 2 aromatic rings. The monoisotopic (exact) mass is 498 g/mol. The van der Waals surface area contributed by atoms with Gasteiger partial charge in [-0.3, -0.25) is 9.59 Å². The van der Waals surface area contributed by atoms with Crippen molar-refractivity contribution in [2.24, 2.45) is 10.8 Å². The molecule has 2 aromatic carbocycles. The molecule has 0 fully saturated rings. The Balaban J connectivity index is 0.00000408. The van der Waals surface area contributed by atoms with Gasteiger partial charge in [-0.25, -0.2) is 23.0 Å². The van der Waals surface area contributed by atoms with Gasteiger partial charge in [-0.05, 0) is 35.7 Å². The Morgan fingerprint density at radius 1 is 1.12 bits per heavy atom. The van der Waals surface area contributed by atoms with E-state index >= 15 is 0 Å². The van der Waals surface area contributed by atoms with Crippen LogP contribution in [-0.2, 0) is 22.6 Å². The number of nitrogens with two attached hydrogens (primary N) is 1. The van der Waals surface area contributed by atoms with E-state index in [1.54, 1.807) is 12.1 Å². The number of carboxylic acid groups (broad SMARTS) is 1. The summed E-state index contributed by atoms with van der Waals surface area (Å²) in [5.41, 5.74) is 6.52. The van der Waals surface area contributed by atoms with Gasteiger partial charge in [0.15, 0.2) is 11.6 Å². The number of amides is 2. The molecule has 2 atom stereocenters. The van der Waals surface area contributed by atoms with Gasteiger partial charge in [0, 0.05) is 37.7 Å². The fourth-order valence-electron chi connectivity index (χ4n) is 3.34. The van der Waals surface area contributed by atoms with Crippen molar-refractivity contribution in [3.8, 4) is 0 Å². The maximum Gasteiger partial charge on any atom is 0.335 e. The minimum atomic E-state index is -1.32. The highest BCUT2D eigenvalue weighted by atomic mass is 35.5. The zero-order valence-electron chi connectivity index (χ0n) is 17.7. The van der Waals surface area contributed by atoms with Crippen molar-refractivity contribution in [1.29, 1.82) is 0 Å². The number of hydrogen-bond acceptors (Lipinski definition) is 5. The van der Waals surface area contributed by atoms with Gasteiger partial charge in [0.05, 0.1) is 5.56 Å². The van der Waals surface area contributed by atoms with Crippen LogP contribution in [0.5, 0.6) is 0 Å². The largest absolute Gasteiger partial charge is 0.478 e. The van der Waals surface area contributed by atoms with E-state index in [-0.39, 0.29) is 49.3 Å². The van der Waals surface area contributed by atoms with Crippen LogP contribution in [0, 0.1) is 17.5 Å². The minimum absolute atomic E-state index is 0. The average molecular weight is 499 g/mol. The molecule has 1 aliphatic rings. The summed E-state index contributed by atoms with van der Waals surface area (Å²) in [6, 6.07) is 5.25. The van der Waals surface area contributed by atoms with E-state index in [0.717, 1.165) is 5.01 Å². The van der Waals surface area contributed by atoms with Gasteiger partial charge in [-0.15, -0.1) is 12.4 Å². The fourth-order valence-corrected chi connectivity index (χ4v) is 3.34. The van der Waals surface area contributed by atoms with Gasteiger partial charge >= 0.3 is 5.97 Å². The van der Waals surface area contributed by atoms with Crippen LogP contribution >= 0.6 is 12.4 Å². The first-order chi connectivity index (χ1) is 15.7. The topological polar surface area (TPSA) is 125 Å². The molecule has 1 aliphatic heterocycles. The molecule has 0 bridgehead atoms. The summed E-state index contributed by atoms with van der Waals surface area (Å²) >= 11 is 0. The molecule has 1 unspecified atom stereocenters. The second kappa shape index (κ2) is 11.6. The highest BCUT2D eigenvalue weighted by Crippen LogP contribution is 2.18. The first kappa shape index (κ1) is 26.8. The quantitative estimate of drug-likeness (QED) is 0.482. The van der Waals surface area contributed by atoms with Crippen LogP contribution in [0.4, 0.5) is 13.2 Å². The van der Waals surface area contributed by atoms with Crippen molar-refractivity contribution >= 4 is 36.4 Å². The second-order valence-electron chi connectivity index (χ2n) is 7.53. The summed E-state index contributed by atoms with van der Waals surface area (Å²) < 4.78 is 40.2. The van der Waals surface area contributed by atoms with Crippen molar-refractivity contribution in [2.45, 2.75) is 37.9 Å². The van der Waals surface area contributed by atoms with Gasteiger partial charge in [0.2, 0.25) is 11.8 Å². The van der Waals surface area contributed by atoms with Gasteiger partial charge in [0.1, 0.15) is 11.9 Å². The maximum atomic E-state index is 13.8. The number of carbonyl (C=O) groups excluding carboxylic acids is 2.